The zero-order valence-corrected chi connectivity index (χ0v) is 10.1. The number of ether oxygens (including phenoxy) is 1. The summed E-state index contributed by atoms with van der Waals surface area (Å²) >= 11 is 5.69. The fourth-order valence-electron chi connectivity index (χ4n) is 1.44. The van der Waals surface area contributed by atoms with Crippen LogP contribution < -0.4 is 5.32 Å². The SMILES string of the molecule is COCC(CCCl)NCc1ccc(F)cc1. The molecule has 0 aromatic heterocycles. The lowest BCUT2D eigenvalue weighted by atomic mass is 10.2. The van der Waals surface area contributed by atoms with Crippen LogP contribution >= 0.6 is 11.6 Å². The van der Waals surface area contributed by atoms with Crippen molar-refractivity contribution >= 4 is 11.6 Å². The maximum Gasteiger partial charge on any atom is 0.123 e. The van der Waals surface area contributed by atoms with Gasteiger partial charge in [0.2, 0.25) is 0 Å². The number of nitrogens with one attached hydrogen (secondary N) is 1. The molecule has 0 heterocycles. The Morgan fingerprint density at radius 2 is 2.06 bits per heavy atom. The summed E-state index contributed by atoms with van der Waals surface area (Å²) in [6.07, 6.45) is 0.858. The van der Waals surface area contributed by atoms with Gasteiger partial charge in [0.1, 0.15) is 5.82 Å². The van der Waals surface area contributed by atoms with Crippen molar-refractivity contribution in [2.75, 3.05) is 19.6 Å². The first-order valence-corrected chi connectivity index (χ1v) is 5.82. The minimum Gasteiger partial charge on any atom is -0.383 e. The minimum absolute atomic E-state index is 0.210. The third kappa shape index (κ3) is 4.92. The minimum atomic E-state index is -0.210. The van der Waals surface area contributed by atoms with Crippen LogP contribution in [0, 0.1) is 5.82 Å². The van der Waals surface area contributed by atoms with Crippen molar-refractivity contribution in [1.29, 1.82) is 0 Å². The van der Waals surface area contributed by atoms with E-state index in [0.717, 1.165) is 12.0 Å². The molecule has 4 heteroatoms. The highest BCUT2D eigenvalue weighted by molar-refractivity contribution is 6.17. The van der Waals surface area contributed by atoms with Gasteiger partial charge in [0.25, 0.3) is 0 Å². The average Bonchev–Trinajstić information content (AvgIpc) is 2.29. The largest absolute Gasteiger partial charge is 0.383 e. The maximum absolute atomic E-state index is 12.7. The molecule has 0 spiro atoms. The molecular weight excluding hydrogens is 229 g/mol. The number of methoxy groups -OCH3 is 1. The second-order valence-corrected chi connectivity index (χ2v) is 4.02. The summed E-state index contributed by atoms with van der Waals surface area (Å²) in [6, 6.07) is 6.71. The molecule has 1 rings (SSSR count). The predicted octanol–water partition coefficient (Wildman–Crippen LogP) is 2.56. The number of hydrogen-bond donors (Lipinski definition) is 1. The van der Waals surface area contributed by atoms with E-state index >= 15 is 0 Å². The summed E-state index contributed by atoms with van der Waals surface area (Å²) in [6.45, 7) is 1.33. The van der Waals surface area contributed by atoms with Gasteiger partial charge >= 0.3 is 0 Å². The summed E-state index contributed by atoms with van der Waals surface area (Å²) < 4.78 is 17.8. The molecule has 0 bridgehead atoms. The van der Waals surface area contributed by atoms with E-state index in [2.05, 4.69) is 5.32 Å². The highest BCUT2D eigenvalue weighted by Gasteiger charge is 2.06. The van der Waals surface area contributed by atoms with Gasteiger partial charge in [-0.05, 0) is 24.1 Å². The van der Waals surface area contributed by atoms with Gasteiger partial charge in [-0.2, -0.15) is 0 Å². The van der Waals surface area contributed by atoms with Crippen molar-refractivity contribution in [2.24, 2.45) is 0 Å². The Hall–Kier alpha value is -0.640. The molecule has 1 atom stereocenters. The third-order valence-corrected chi connectivity index (χ3v) is 2.55. The van der Waals surface area contributed by atoms with E-state index in [-0.39, 0.29) is 11.9 Å². The molecule has 0 amide bonds. The maximum atomic E-state index is 12.7. The number of benzene rings is 1. The molecule has 1 unspecified atom stereocenters. The molecule has 1 N–H and O–H groups in total. The van der Waals surface area contributed by atoms with Gasteiger partial charge < -0.3 is 10.1 Å². The standard InChI is InChI=1S/C12H17ClFNO/c1-16-9-12(6-7-13)15-8-10-2-4-11(14)5-3-10/h2-5,12,15H,6-9H2,1H3. The van der Waals surface area contributed by atoms with Crippen molar-refractivity contribution in [3.63, 3.8) is 0 Å². The van der Waals surface area contributed by atoms with Crippen molar-refractivity contribution in [3.8, 4) is 0 Å². The molecular formula is C12H17ClFNO. The van der Waals surface area contributed by atoms with E-state index in [1.54, 1.807) is 19.2 Å². The lowest BCUT2D eigenvalue weighted by Gasteiger charge is -2.16. The molecule has 0 aliphatic heterocycles. The molecule has 0 saturated carbocycles. The summed E-state index contributed by atoms with van der Waals surface area (Å²) in [4.78, 5) is 0. The van der Waals surface area contributed by atoms with E-state index < -0.39 is 0 Å². The second-order valence-electron chi connectivity index (χ2n) is 3.64. The fraction of sp³-hybridized carbons (Fsp3) is 0.500. The van der Waals surface area contributed by atoms with Gasteiger partial charge in [-0.1, -0.05) is 12.1 Å². The van der Waals surface area contributed by atoms with Gasteiger partial charge in [-0.3, -0.25) is 0 Å². The van der Waals surface area contributed by atoms with Crippen LogP contribution in [0.15, 0.2) is 24.3 Å². The van der Waals surface area contributed by atoms with E-state index in [1.807, 2.05) is 0 Å². The first-order chi connectivity index (χ1) is 7.76. The predicted molar refractivity (Wildman–Crippen MR) is 64.2 cm³/mol. The average molecular weight is 246 g/mol. The zero-order valence-electron chi connectivity index (χ0n) is 9.38. The summed E-state index contributed by atoms with van der Waals surface area (Å²) in [5.41, 5.74) is 1.05. The highest BCUT2D eigenvalue weighted by atomic mass is 35.5. The van der Waals surface area contributed by atoms with Gasteiger partial charge in [0.15, 0.2) is 0 Å². The van der Waals surface area contributed by atoms with Crippen molar-refractivity contribution < 1.29 is 9.13 Å². The van der Waals surface area contributed by atoms with E-state index in [9.17, 15) is 4.39 Å². The number of halogens is 2. The van der Waals surface area contributed by atoms with Crippen LogP contribution in [0.25, 0.3) is 0 Å². The molecule has 16 heavy (non-hydrogen) atoms. The number of rotatable bonds is 7. The Bertz CT molecular complexity index is 286. The first-order valence-electron chi connectivity index (χ1n) is 5.29. The topological polar surface area (TPSA) is 21.3 Å². The Morgan fingerprint density at radius 1 is 1.38 bits per heavy atom. The van der Waals surface area contributed by atoms with Crippen LogP contribution in [0.1, 0.15) is 12.0 Å². The normalized spacial score (nSPS) is 12.7. The molecule has 0 radical (unpaired) electrons. The Balaban J connectivity index is 2.38. The number of hydrogen-bond acceptors (Lipinski definition) is 2. The molecule has 0 saturated heterocycles. The quantitative estimate of drug-likeness (QED) is 0.746. The smallest absolute Gasteiger partial charge is 0.123 e. The second kappa shape index (κ2) is 7.60. The Morgan fingerprint density at radius 3 is 2.62 bits per heavy atom. The molecule has 2 nitrogen and oxygen atoms in total. The molecule has 0 aliphatic carbocycles. The lowest BCUT2D eigenvalue weighted by molar-refractivity contribution is 0.164. The van der Waals surface area contributed by atoms with Gasteiger partial charge in [-0.15, -0.1) is 11.6 Å². The Kier molecular flexibility index (Phi) is 6.38. The fourth-order valence-corrected chi connectivity index (χ4v) is 1.71. The molecule has 90 valence electrons. The van der Waals surface area contributed by atoms with Crippen LogP contribution in [0.5, 0.6) is 0 Å². The number of alkyl halides is 1. The summed E-state index contributed by atoms with van der Waals surface area (Å²) in [5, 5.41) is 3.33. The molecule has 1 aromatic rings. The van der Waals surface area contributed by atoms with Gasteiger partial charge in [0.05, 0.1) is 6.61 Å². The van der Waals surface area contributed by atoms with Crippen molar-refractivity contribution in [3.05, 3.63) is 35.6 Å². The molecule has 0 fully saturated rings. The van der Waals surface area contributed by atoms with Gasteiger partial charge in [-0.25, -0.2) is 4.39 Å². The lowest BCUT2D eigenvalue weighted by Crippen LogP contribution is -2.33. The third-order valence-electron chi connectivity index (χ3n) is 2.33. The van der Waals surface area contributed by atoms with Crippen LogP contribution in [0.2, 0.25) is 0 Å². The molecule has 0 aliphatic rings. The van der Waals surface area contributed by atoms with Crippen molar-refractivity contribution in [1.82, 2.24) is 5.32 Å². The first kappa shape index (κ1) is 13.4. The summed E-state index contributed by atoms with van der Waals surface area (Å²) in [7, 11) is 1.67. The van der Waals surface area contributed by atoms with E-state index in [1.165, 1.54) is 12.1 Å². The van der Waals surface area contributed by atoms with Crippen LogP contribution in [-0.2, 0) is 11.3 Å². The van der Waals surface area contributed by atoms with Crippen LogP contribution in [0.3, 0.4) is 0 Å². The zero-order chi connectivity index (χ0) is 11.8. The van der Waals surface area contributed by atoms with Gasteiger partial charge in [0, 0.05) is 25.6 Å². The van der Waals surface area contributed by atoms with E-state index in [0.29, 0.717) is 19.0 Å². The highest BCUT2D eigenvalue weighted by Crippen LogP contribution is 2.04. The Labute approximate surface area is 101 Å². The van der Waals surface area contributed by atoms with Crippen LogP contribution in [0.4, 0.5) is 4.39 Å². The van der Waals surface area contributed by atoms with Crippen LogP contribution in [-0.4, -0.2) is 25.6 Å². The van der Waals surface area contributed by atoms with E-state index in [4.69, 9.17) is 16.3 Å². The molecule has 1 aromatic carbocycles. The monoisotopic (exact) mass is 245 g/mol. The van der Waals surface area contributed by atoms with Crippen molar-refractivity contribution in [2.45, 2.75) is 19.0 Å². The summed E-state index contributed by atoms with van der Waals surface area (Å²) in [5.74, 6) is 0.391.